The molecular weight excluding hydrogens is 208 g/mol. The van der Waals surface area contributed by atoms with Crippen LogP contribution in [0.1, 0.15) is 52.9 Å². The van der Waals surface area contributed by atoms with Crippen molar-refractivity contribution in [2.75, 3.05) is 26.2 Å². The minimum Gasteiger partial charge on any atom is -0.330 e. The van der Waals surface area contributed by atoms with E-state index in [1.54, 1.807) is 0 Å². The van der Waals surface area contributed by atoms with Crippen molar-refractivity contribution in [1.29, 1.82) is 0 Å². The lowest BCUT2D eigenvalue weighted by Crippen LogP contribution is -2.40. The zero-order valence-corrected chi connectivity index (χ0v) is 12.0. The number of nitrogens with zero attached hydrogens (tertiary/aromatic N) is 1. The predicted molar refractivity (Wildman–Crippen MR) is 74.0 cm³/mol. The fourth-order valence-electron chi connectivity index (χ4n) is 3.71. The molecule has 1 saturated carbocycles. The van der Waals surface area contributed by atoms with Crippen LogP contribution in [0.2, 0.25) is 0 Å². The molecule has 2 fully saturated rings. The molecule has 100 valence electrons. The lowest BCUT2D eigenvalue weighted by atomic mass is 9.80. The van der Waals surface area contributed by atoms with Crippen LogP contribution in [0.5, 0.6) is 0 Å². The van der Waals surface area contributed by atoms with Crippen molar-refractivity contribution in [3.05, 3.63) is 0 Å². The van der Waals surface area contributed by atoms with Gasteiger partial charge in [-0.05, 0) is 49.1 Å². The molecule has 0 aromatic rings. The Morgan fingerprint density at radius 3 is 2.35 bits per heavy atom. The molecule has 2 aliphatic rings. The molecule has 2 rings (SSSR count). The van der Waals surface area contributed by atoms with Crippen LogP contribution in [0, 0.1) is 16.7 Å². The van der Waals surface area contributed by atoms with E-state index in [0.29, 0.717) is 10.8 Å². The second kappa shape index (κ2) is 4.89. The summed E-state index contributed by atoms with van der Waals surface area (Å²) in [6.07, 6.45) is 6.89. The summed E-state index contributed by atoms with van der Waals surface area (Å²) in [5.74, 6) is 0.874. The van der Waals surface area contributed by atoms with Crippen molar-refractivity contribution < 1.29 is 0 Å². The molecule has 0 bridgehead atoms. The zero-order chi connectivity index (χ0) is 12.5. The smallest absolute Gasteiger partial charge is 0.00502 e. The Labute approximate surface area is 107 Å². The first kappa shape index (κ1) is 13.4. The first-order chi connectivity index (χ1) is 7.95. The van der Waals surface area contributed by atoms with E-state index >= 15 is 0 Å². The number of hydrogen-bond acceptors (Lipinski definition) is 2. The van der Waals surface area contributed by atoms with Crippen LogP contribution >= 0.6 is 0 Å². The summed E-state index contributed by atoms with van der Waals surface area (Å²) in [6, 6.07) is 0. The van der Waals surface area contributed by atoms with Gasteiger partial charge in [0, 0.05) is 13.1 Å². The van der Waals surface area contributed by atoms with Gasteiger partial charge in [-0.3, -0.25) is 0 Å². The van der Waals surface area contributed by atoms with Crippen LogP contribution < -0.4 is 5.73 Å². The lowest BCUT2D eigenvalue weighted by molar-refractivity contribution is 0.163. The maximum Gasteiger partial charge on any atom is 0.00502 e. The third kappa shape index (κ3) is 3.03. The summed E-state index contributed by atoms with van der Waals surface area (Å²) in [4.78, 5) is 2.69. The molecule has 1 unspecified atom stereocenters. The Balaban J connectivity index is 1.89. The normalized spacial score (nSPS) is 30.0. The Morgan fingerprint density at radius 1 is 1.24 bits per heavy atom. The highest BCUT2D eigenvalue weighted by Gasteiger charge is 2.38. The summed E-state index contributed by atoms with van der Waals surface area (Å²) in [7, 11) is 0. The summed E-state index contributed by atoms with van der Waals surface area (Å²) < 4.78 is 0. The summed E-state index contributed by atoms with van der Waals surface area (Å²) in [6.45, 7) is 11.9. The SMILES string of the molecule is CC(C)(C)C1CCN(CC2(CN)CCCC2)C1. The Bertz CT molecular complexity index is 248. The van der Waals surface area contributed by atoms with E-state index in [-0.39, 0.29) is 0 Å². The van der Waals surface area contributed by atoms with E-state index in [0.717, 1.165) is 12.5 Å². The average Bonchev–Trinajstić information content (AvgIpc) is 2.87. The van der Waals surface area contributed by atoms with E-state index < -0.39 is 0 Å². The molecule has 17 heavy (non-hydrogen) atoms. The number of hydrogen-bond donors (Lipinski definition) is 1. The van der Waals surface area contributed by atoms with Gasteiger partial charge in [0.15, 0.2) is 0 Å². The van der Waals surface area contributed by atoms with Crippen LogP contribution in [0.25, 0.3) is 0 Å². The average molecular weight is 238 g/mol. The first-order valence-electron chi connectivity index (χ1n) is 7.38. The van der Waals surface area contributed by atoms with Crippen molar-refractivity contribution in [2.45, 2.75) is 52.9 Å². The van der Waals surface area contributed by atoms with Crippen molar-refractivity contribution in [1.82, 2.24) is 4.90 Å². The van der Waals surface area contributed by atoms with Gasteiger partial charge in [0.25, 0.3) is 0 Å². The molecule has 0 radical (unpaired) electrons. The molecule has 0 aromatic carbocycles. The van der Waals surface area contributed by atoms with Gasteiger partial charge in [-0.25, -0.2) is 0 Å². The van der Waals surface area contributed by atoms with Gasteiger partial charge < -0.3 is 10.6 Å². The van der Waals surface area contributed by atoms with Crippen LogP contribution in [0.3, 0.4) is 0 Å². The molecule has 0 spiro atoms. The van der Waals surface area contributed by atoms with Crippen LogP contribution in [-0.4, -0.2) is 31.1 Å². The van der Waals surface area contributed by atoms with Gasteiger partial charge in [0.1, 0.15) is 0 Å². The maximum absolute atomic E-state index is 6.04. The molecule has 2 N–H and O–H groups in total. The van der Waals surface area contributed by atoms with E-state index in [1.165, 1.54) is 51.7 Å². The Morgan fingerprint density at radius 2 is 1.88 bits per heavy atom. The van der Waals surface area contributed by atoms with Crippen LogP contribution in [0.4, 0.5) is 0 Å². The molecule has 2 nitrogen and oxygen atoms in total. The van der Waals surface area contributed by atoms with Gasteiger partial charge in [-0.15, -0.1) is 0 Å². The van der Waals surface area contributed by atoms with E-state index in [9.17, 15) is 0 Å². The highest BCUT2D eigenvalue weighted by Crippen LogP contribution is 2.40. The Hall–Kier alpha value is -0.0800. The van der Waals surface area contributed by atoms with Gasteiger partial charge in [-0.1, -0.05) is 33.6 Å². The topological polar surface area (TPSA) is 29.3 Å². The largest absolute Gasteiger partial charge is 0.330 e. The minimum absolute atomic E-state index is 0.465. The molecule has 1 atom stereocenters. The number of nitrogens with two attached hydrogens (primary N) is 1. The quantitative estimate of drug-likeness (QED) is 0.819. The second-order valence-electron chi connectivity index (χ2n) is 7.50. The number of likely N-dealkylation sites (tertiary alicyclic amines) is 1. The number of rotatable bonds is 3. The van der Waals surface area contributed by atoms with Crippen molar-refractivity contribution >= 4 is 0 Å². The molecule has 1 heterocycles. The lowest BCUT2D eigenvalue weighted by Gasteiger charge is -2.33. The van der Waals surface area contributed by atoms with E-state index in [2.05, 4.69) is 25.7 Å². The molecule has 1 aliphatic carbocycles. The van der Waals surface area contributed by atoms with Gasteiger partial charge in [0.05, 0.1) is 0 Å². The monoisotopic (exact) mass is 238 g/mol. The minimum atomic E-state index is 0.465. The second-order valence-corrected chi connectivity index (χ2v) is 7.50. The highest BCUT2D eigenvalue weighted by molar-refractivity contribution is 4.92. The van der Waals surface area contributed by atoms with Crippen molar-refractivity contribution in [3.8, 4) is 0 Å². The molecule has 1 saturated heterocycles. The van der Waals surface area contributed by atoms with Crippen LogP contribution in [-0.2, 0) is 0 Å². The standard InChI is InChI=1S/C15H30N2/c1-14(2,3)13-6-9-17(10-13)12-15(11-16)7-4-5-8-15/h13H,4-12,16H2,1-3H3. The van der Waals surface area contributed by atoms with E-state index in [4.69, 9.17) is 5.73 Å². The third-order valence-electron chi connectivity index (χ3n) is 5.15. The first-order valence-corrected chi connectivity index (χ1v) is 7.38. The summed E-state index contributed by atoms with van der Waals surface area (Å²) in [5.41, 5.74) is 6.98. The maximum atomic E-state index is 6.04. The summed E-state index contributed by atoms with van der Waals surface area (Å²) >= 11 is 0. The van der Waals surface area contributed by atoms with Gasteiger partial charge in [-0.2, -0.15) is 0 Å². The molecule has 1 aliphatic heterocycles. The fourth-order valence-corrected chi connectivity index (χ4v) is 3.71. The van der Waals surface area contributed by atoms with Gasteiger partial charge >= 0.3 is 0 Å². The van der Waals surface area contributed by atoms with Gasteiger partial charge in [0.2, 0.25) is 0 Å². The zero-order valence-electron chi connectivity index (χ0n) is 12.0. The third-order valence-corrected chi connectivity index (χ3v) is 5.15. The Kier molecular flexibility index (Phi) is 3.84. The molecule has 0 aromatic heterocycles. The molecule has 0 amide bonds. The van der Waals surface area contributed by atoms with Crippen LogP contribution in [0.15, 0.2) is 0 Å². The predicted octanol–water partition coefficient (Wildman–Crippen LogP) is 2.87. The van der Waals surface area contributed by atoms with Crippen molar-refractivity contribution in [3.63, 3.8) is 0 Å². The fraction of sp³-hybridized carbons (Fsp3) is 1.00. The van der Waals surface area contributed by atoms with E-state index in [1.807, 2.05) is 0 Å². The van der Waals surface area contributed by atoms with Crippen molar-refractivity contribution in [2.24, 2.45) is 22.5 Å². The highest BCUT2D eigenvalue weighted by atomic mass is 15.2. The molecule has 2 heteroatoms. The molecular formula is C15H30N2. The summed E-state index contributed by atoms with van der Waals surface area (Å²) in [5, 5.41) is 0.